The first-order valence-electron chi connectivity index (χ1n) is 5.15. The van der Waals surface area contributed by atoms with Gasteiger partial charge in [-0.15, -0.1) is 0 Å². The molecule has 0 fully saturated rings. The van der Waals surface area contributed by atoms with E-state index in [-0.39, 0.29) is 6.79 Å². The van der Waals surface area contributed by atoms with E-state index in [1.165, 1.54) is 0 Å². The van der Waals surface area contributed by atoms with Gasteiger partial charge in [-0.05, 0) is 23.3 Å². The second-order valence-electron chi connectivity index (χ2n) is 3.46. The highest BCUT2D eigenvalue weighted by Crippen LogP contribution is 2.24. The van der Waals surface area contributed by atoms with Gasteiger partial charge in [0.15, 0.2) is 12.5 Å². The van der Waals surface area contributed by atoms with Crippen molar-refractivity contribution in [2.24, 2.45) is 0 Å². The number of hydrogen-bond acceptors (Lipinski definition) is 2. The molecule has 2 aromatic rings. The third kappa shape index (κ3) is 2.63. The third-order valence-electron chi connectivity index (χ3n) is 2.42. The molecule has 0 atom stereocenters. The average molecular weight is 225 g/mol. The summed E-state index contributed by atoms with van der Waals surface area (Å²) in [5, 5.41) is 8.61. The molecule has 0 aromatic heterocycles. The highest BCUT2D eigenvalue weighted by molar-refractivity contribution is 5.66. The van der Waals surface area contributed by atoms with Crippen LogP contribution in [0.5, 0.6) is 5.75 Å². The van der Waals surface area contributed by atoms with Crippen LogP contribution in [-0.4, -0.2) is 11.9 Å². The fourth-order valence-corrected chi connectivity index (χ4v) is 1.55. The maximum absolute atomic E-state index is 8.61. The summed E-state index contributed by atoms with van der Waals surface area (Å²) in [5.41, 5.74) is 2.73. The zero-order valence-electron chi connectivity index (χ0n) is 9.13. The van der Waals surface area contributed by atoms with Crippen LogP contribution in [0.1, 0.15) is 0 Å². The standard InChI is InChI=1S/C14H11NO2/c1-15-13-6-2-11(3-7-13)12-4-8-14(9-5-12)17-10-16/h2-9,16H,10H2. The molecule has 17 heavy (non-hydrogen) atoms. The van der Waals surface area contributed by atoms with Gasteiger partial charge in [-0.2, -0.15) is 0 Å². The number of aliphatic hydroxyl groups excluding tert-OH is 1. The molecule has 2 rings (SSSR count). The van der Waals surface area contributed by atoms with Gasteiger partial charge in [-0.25, -0.2) is 4.85 Å². The van der Waals surface area contributed by atoms with Gasteiger partial charge in [0.1, 0.15) is 5.75 Å². The lowest BCUT2D eigenvalue weighted by Crippen LogP contribution is -1.93. The summed E-state index contributed by atoms with van der Waals surface area (Å²) in [5.74, 6) is 0.633. The Morgan fingerprint density at radius 3 is 1.94 bits per heavy atom. The van der Waals surface area contributed by atoms with Crippen LogP contribution >= 0.6 is 0 Å². The van der Waals surface area contributed by atoms with Crippen molar-refractivity contribution in [2.75, 3.05) is 6.79 Å². The molecule has 0 bridgehead atoms. The fraction of sp³-hybridized carbons (Fsp3) is 0.0714. The Balaban J connectivity index is 2.24. The molecule has 0 spiro atoms. The lowest BCUT2D eigenvalue weighted by Gasteiger charge is -2.04. The lowest BCUT2D eigenvalue weighted by atomic mass is 10.1. The van der Waals surface area contributed by atoms with Gasteiger partial charge < -0.3 is 9.84 Å². The van der Waals surface area contributed by atoms with Gasteiger partial charge in [0.05, 0.1) is 6.57 Å². The molecule has 0 saturated heterocycles. The smallest absolute Gasteiger partial charge is 0.187 e. The lowest BCUT2D eigenvalue weighted by molar-refractivity contribution is 0.0985. The summed E-state index contributed by atoms with van der Waals surface area (Å²) in [4.78, 5) is 3.35. The van der Waals surface area contributed by atoms with Gasteiger partial charge in [0.2, 0.25) is 0 Å². The summed E-state index contributed by atoms with van der Waals surface area (Å²) in [6, 6.07) is 14.8. The Kier molecular flexibility index (Phi) is 3.39. The Morgan fingerprint density at radius 1 is 0.941 bits per heavy atom. The summed E-state index contributed by atoms with van der Waals surface area (Å²) in [7, 11) is 0. The van der Waals surface area contributed by atoms with Crippen molar-refractivity contribution in [3.05, 3.63) is 59.9 Å². The second kappa shape index (κ2) is 5.15. The van der Waals surface area contributed by atoms with Gasteiger partial charge in [-0.1, -0.05) is 36.4 Å². The fourth-order valence-electron chi connectivity index (χ4n) is 1.55. The Labute approximate surface area is 99.7 Å². The molecule has 0 aliphatic rings. The first kappa shape index (κ1) is 11.2. The van der Waals surface area contributed by atoms with Crippen LogP contribution in [0.3, 0.4) is 0 Å². The first-order chi connectivity index (χ1) is 8.33. The van der Waals surface area contributed by atoms with Crippen molar-refractivity contribution in [1.29, 1.82) is 0 Å². The zero-order valence-corrected chi connectivity index (χ0v) is 9.13. The van der Waals surface area contributed by atoms with Crippen molar-refractivity contribution in [3.8, 4) is 16.9 Å². The van der Waals surface area contributed by atoms with E-state index in [9.17, 15) is 0 Å². The van der Waals surface area contributed by atoms with E-state index in [4.69, 9.17) is 16.4 Å². The monoisotopic (exact) mass is 225 g/mol. The number of ether oxygens (including phenoxy) is 1. The molecule has 3 nitrogen and oxygen atoms in total. The largest absolute Gasteiger partial charge is 0.468 e. The van der Waals surface area contributed by atoms with Crippen molar-refractivity contribution in [3.63, 3.8) is 0 Å². The maximum atomic E-state index is 8.61. The molecule has 0 aliphatic carbocycles. The second-order valence-corrected chi connectivity index (χ2v) is 3.46. The van der Waals surface area contributed by atoms with E-state index >= 15 is 0 Å². The quantitative estimate of drug-likeness (QED) is 0.642. The van der Waals surface area contributed by atoms with Crippen molar-refractivity contribution in [1.82, 2.24) is 0 Å². The number of nitrogens with zero attached hydrogens (tertiary/aromatic N) is 1. The van der Waals surface area contributed by atoms with E-state index < -0.39 is 0 Å². The van der Waals surface area contributed by atoms with Crippen molar-refractivity contribution in [2.45, 2.75) is 0 Å². The van der Waals surface area contributed by atoms with Gasteiger partial charge >= 0.3 is 0 Å². The summed E-state index contributed by atoms with van der Waals surface area (Å²) in [6.45, 7) is 6.56. The summed E-state index contributed by atoms with van der Waals surface area (Å²) in [6.07, 6.45) is 0. The Hall–Kier alpha value is -2.31. The first-order valence-corrected chi connectivity index (χ1v) is 5.15. The van der Waals surface area contributed by atoms with Crippen molar-refractivity contribution >= 4 is 5.69 Å². The Bertz CT molecular complexity index is 524. The van der Waals surface area contributed by atoms with Gasteiger partial charge in [0, 0.05) is 0 Å². The van der Waals surface area contributed by atoms with Crippen LogP contribution in [0.15, 0.2) is 48.5 Å². The van der Waals surface area contributed by atoms with E-state index in [1.807, 2.05) is 24.3 Å². The predicted octanol–water partition coefficient (Wildman–Crippen LogP) is 3.23. The molecule has 1 N–H and O–H groups in total. The molecule has 84 valence electrons. The number of hydrogen-bond donors (Lipinski definition) is 1. The minimum Gasteiger partial charge on any atom is -0.468 e. The molecule has 0 saturated carbocycles. The van der Waals surface area contributed by atoms with E-state index in [2.05, 4.69) is 4.85 Å². The van der Waals surface area contributed by atoms with Crippen LogP contribution in [0.25, 0.3) is 16.0 Å². The molecule has 0 radical (unpaired) electrons. The molecular formula is C14H11NO2. The highest BCUT2D eigenvalue weighted by Gasteiger charge is 1.98. The molecule has 0 unspecified atom stereocenters. The highest BCUT2D eigenvalue weighted by atomic mass is 16.6. The number of benzene rings is 2. The normalized spacial score (nSPS) is 9.65. The minimum absolute atomic E-state index is 0.320. The Morgan fingerprint density at radius 2 is 1.47 bits per heavy atom. The number of rotatable bonds is 3. The van der Waals surface area contributed by atoms with Gasteiger partial charge in [0.25, 0.3) is 0 Å². The summed E-state index contributed by atoms with van der Waals surface area (Å²) < 4.78 is 4.95. The van der Waals surface area contributed by atoms with Gasteiger partial charge in [-0.3, -0.25) is 0 Å². The average Bonchev–Trinajstić information content (AvgIpc) is 2.40. The van der Waals surface area contributed by atoms with Crippen LogP contribution < -0.4 is 4.74 Å². The van der Waals surface area contributed by atoms with Crippen molar-refractivity contribution < 1.29 is 9.84 Å². The van der Waals surface area contributed by atoms with Crippen LogP contribution in [0, 0.1) is 6.57 Å². The maximum Gasteiger partial charge on any atom is 0.187 e. The van der Waals surface area contributed by atoms with E-state index in [0.717, 1.165) is 11.1 Å². The molecular weight excluding hydrogens is 214 g/mol. The topological polar surface area (TPSA) is 33.8 Å². The molecule has 0 aliphatic heterocycles. The summed E-state index contributed by atoms with van der Waals surface area (Å²) >= 11 is 0. The van der Waals surface area contributed by atoms with E-state index in [0.29, 0.717) is 11.4 Å². The van der Waals surface area contributed by atoms with Crippen LogP contribution in [-0.2, 0) is 0 Å². The molecule has 0 heterocycles. The molecule has 3 heteroatoms. The molecule has 2 aromatic carbocycles. The SMILES string of the molecule is [C-]#[N+]c1ccc(-c2ccc(OCO)cc2)cc1. The third-order valence-corrected chi connectivity index (χ3v) is 2.42. The molecule has 0 amide bonds. The number of aliphatic hydroxyl groups is 1. The van der Waals surface area contributed by atoms with Crippen LogP contribution in [0.4, 0.5) is 5.69 Å². The predicted molar refractivity (Wildman–Crippen MR) is 65.9 cm³/mol. The zero-order chi connectivity index (χ0) is 12.1. The van der Waals surface area contributed by atoms with E-state index in [1.54, 1.807) is 24.3 Å². The minimum atomic E-state index is -0.320. The van der Waals surface area contributed by atoms with Crippen LogP contribution in [0.2, 0.25) is 0 Å².